The number of rotatable bonds is 3. The van der Waals surface area contributed by atoms with Gasteiger partial charge in [0.2, 0.25) is 5.91 Å². The number of hydrogen-bond acceptors (Lipinski definition) is 4. The zero-order chi connectivity index (χ0) is 18.3. The van der Waals surface area contributed by atoms with E-state index in [1.165, 1.54) is 31.0 Å². The van der Waals surface area contributed by atoms with Gasteiger partial charge < -0.3 is 10.2 Å². The first-order valence-corrected chi connectivity index (χ1v) is 11.3. The van der Waals surface area contributed by atoms with Crippen molar-refractivity contribution in [1.82, 2.24) is 15.5 Å². The number of urea groups is 1. The van der Waals surface area contributed by atoms with Crippen LogP contribution in [0.1, 0.15) is 58.3 Å². The third-order valence-corrected chi connectivity index (χ3v) is 8.24. The summed E-state index contributed by atoms with van der Waals surface area (Å²) in [7, 11) is 0. The number of carbonyl (C=O) groups excluding carboxylic acids is 2. The van der Waals surface area contributed by atoms with E-state index in [4.69, 9.17) is 12.2 Å². The highest BCUT2D eigenvalue weighted by molar-refractivity contribution is 8.23. The second-order valence-corrected chi connectivity index (χ2v) is 10.8. The quantitative estimate of drug-likeness (QED) is 0.718. The predicted molar refractivity (Wildman–Crippen MR) is 108 cm³/mol. The molecule has 0 aromatic carbocycles. The summed E-state index contributed by atoms with van der Waals surface area (Å²) in [5.41, 5.74) is -0.0691. The van der Waals surface area contributed by atoms with Crippen molar-refractivity contribution in [2.75, 3.05) is 13.1 Å². The van der Waals surface area contributed by atoms with Crippen molar-refractivity contribution in [3.8, 4) is 0 Å². The SMILES string of the molecule is C[C@@H](SC(=S)N1CCCC1)C(=O)NC(=O)NC12CC3CC(CC(C3)C1)C2. The Labute approximate surface area is 165 Å². The third-order valence-electron chi connectivity index (χ3n) is 6.66. The van der Waals surface area contributed by atoms with E-state index < -0.39 is 0 Å². The molecule has 0 radical (unpaired) electrons. The summed E-state index contributed by atoms with van der Waals surface area (Å²) < 4.78 is 0.770. The maximum atomic E-state index is 12.5. The highest BCUT2D eigenvalue weighted by Crippen LogP contribution is 2.55. The average Bonchev–Trinajstić information content (AvgIpc) is 3.07. The number of nitrogens with zero attached hydrogens (tertiary/aromatic N) is 1. The van der Waals surface area contributed by atoms with Crippen LogP contribution in [-0.2, 0) is 4.79 Å². The molecule has 26 heavy (non-hydrogen) atoms. The Morgan fingerprint density at radius 3 is 2.15 bits per heavy atom. The van der Waals surface area contributed by atoms with Crippen LogP contribution in [0.25, 0.3) is 0 Å². The molecule has 5 fully saturated rings. The molecule has 0 unspecified atom stereocenters. The van der Waals surface area contributed by atoms with Crippen molar-refractivity contribution in [1.29, 1.82) is 0 Å². The molecule has 3 amide bonds. The van der Waals surface area contributed by atoms with Crippen LogP contribution in [0.3, 0.4) is 0 Å². The average molecular weight is 396 g/mol. The molecule has 144 valence electrons. The Bertz CT molecular complexity index is 568. The monoisotopic (exact) mass is 395 g/mol. The van der Waals surface area contributed by atoms with Crippen molar-refractivity contribution >= 4 is 40.2 Å². The van der Waals surface area contributed by atoms with Crippen LogP contribution in [0.2, 0.25) is 0 Å². The fraction of sp³-hybridized carbons (Fsp3) is 0.842. The number of amides is 3. The Hall–Kier alpha value is -0.820. The Kier molecular flexibility index (Phi) is 5.21. The van der Waals surface area contributed by atoms with Crippen LogP contribution >= 0.6 is 24.0 Å². The molecule has 2 N–H and O–H groups in total. The van der Waals surface area contributed by atoms with E-state index in [9.17, 15) is 9.59 Å². The van der Waals surface area contributed by atoms with Gasteiger partial charge in [-0.05, 0) is 76.0 Å². The first-order chi connectivity index (χ1) is 12.4. The van der Waals surface area contributed by atoms with Crippen molar-refractivity contribution in [3.05, 3.63) is 0 Å². The highest BCUT2D eigenvalue weighted by Gasteiger charge is 2.51. The number of thioether (sulfide) groups is 1. The number of imide groups is 1. The number of hydrogen-bond donors (Lipinski definition) is 2. The number of nitrogens with one attached hydrogen (secondary N) is 2. The lowest BCUT2D eigenvalue weighted by Gasteiger charge is -2.56. The zero-order valence-electron chi connectivity index (χ0n) is 15.5. The summed E-state index contributed by atoms with van der Waals surface area (Å²) in [6.07, 6.45) is 9.59. The van der Waals surface area contributed by atoms with Gasteiger partial charge in [0.25, 0.3) is 0 Å². The summed E-state index contributed by atoms with van der Waals surface area (Å²) >= 11 is 6.82. The maximum Gasteiger partial charge on any atom is 0.321 e. The van der Waals surface area contributed by atoms with Crippen molar-refractivity contribution in [2.45, 2.75) is 69.1 Å². The van der Waals surface area contributed by atoms with E-state index >= 15 is 0 Å². The molecule has 4 bridgehead atoms. The Morgan fingerprint density at radius 2 is 1.62 bits per heavy atom. The minimum absolute atomic E-state index is 0.0691. The first-order valence-electron chi connectivity index (χ1n) is 10.0. The van der Waals surface area contributed by atoms with Gasteiger partial charge in [0.05, 0.1) is 5.25 Å². The van der Waals surface area contributed by atoms with E-state index in [1.54, 1.807) is 0 Å². The molecule has 1 aliphatic heterocycles. The van der Waals surface area contributed by atoms with Crippen LogP contribution in [0.15, 0.2) is 0 Å². The van der Waals surface area contributed by atoms with Gasteiger partial charge in [-0.1, -0.05) is 24.0 Å². The van der Waals surface area contributed by atoms with Crippen molar-refractivity contribution < 1.29 is 9.59 Å². The molecule has 4 aliphatic carbocycles. The van der Waals surface area contributed by atoms with E-state index in [0.717, 1.165) is 67.3 Å². The smallest absolute Gasteiger partial charge is 0.321 e. The molecule has 4 saturated carbocycles. The molecule has 1 heterocycles. The molecule has 0 aromatic rings. The molecular weight excluding hydrogens is 366 g/mol. The molecule has 1 saturated heterocycles. The second kappa shape index (κ2) is 7.30. The van der Waals surface area contributed by atoms with Gasteiger partial charge in [0.1, 0.15) is 4.32 Å². The van der Waals surface area contributed by atoms with Gasteiger partial charge in [-0.3, -0.25) is 10.1 Å². The first kappa shape index (κ1) is 18.5. The fourth-order valence-corrected chi connectivity index (χ4v) is 7.34. The number of carbonyl (C=O) groups is 2. The maximum absolute atomic E-state index is 12.5. The molecule has 5 nitrogen and oxygen atoms in total. The summed E-state index contributed by atoms with van der Waals surface area (Å²) in [5.74, 6) is 2.05. The summed E-state index contributed by atoms with van der Waals surface area (Å²) in [6, 6.07) is -0.323. The van der Waals surface area contributed by atoms with Gasteiger partial charge in [-0.2, -0.15) is 0 Å². The van der Waals surface area contributed by atoms with Gasteiger partial charge in [-0.25, -0.2) is 4.79 Å². The van der Waals surface area contributed by atoms with Gasteiger partial charge in [0, 0.05) is 18.6 Å². The fourth-order valence-electron chi connectivity index (χ4n) is 5.93. The van der Waals surface area contributed by atoms with Crippen LogP contribution < -0.4 is 10.6 Å². The van der Waals surface area contributed by atoms with E-state index in [2.05, 4.69) is 15.5 Å². The highest BCUT2D eigenvalue weighted by atomic mass is 32.2. The standard InChI is InChI=1S/C19H29N3O2S2/c1-12(26-18(25)22-4-2-3-5-22)16(23)20-17(24)21-19-9-13-6-14(10-19)8-15(7-13)11-19/h12-15H,2-11H2,1H3,(H2,20,21,23,24)/t12-,13?,14?,15?,19?/m1/s1. The van der Waals surface area contributed by atoms with E-state index in [1.807, 2.05) is 6.92 Å². The lowest BCUT2D eigenvalue weighted by Crippen LogP contribution is -2.62. The molecule has 5 aliphatic rings. The summed E-state index contributed by atoms with van der Waals surface area (Å²) in [5, 5.41) is 5.40. The Morgan fingerprint density at radius 1 is 1.08 bits per heavy atom. The van der Waals surface area contributed by atoms with Gasteiger partial charge >= 0.3 is 6.03 Å². The van der Waals surface area contributed by atoms with Crippen LogP contribution in [0.5, 0.6) is 0 Å². The summed E-state index contributed by atoms with van der Waals surface area (Å²) in [6.45, 7) is 3.78. The topological polar surface area (TPSA) is 61.4 Å². The second-order valence-electron chi connectivity index (χ2n) is 8.86. The lowest BCUT2D eigenvalue weighted by atomic mass is 9.53. The van der Waals surface area contributed by atoms with Gasteiger partial charge in [-0.15, -0.1) is 0 Å². The molecule has 0 aromatic heterocycles. The van der Waals surface area contributed by atoms with Crippen LogP contribution in [0.4, 0.5) is 4.79 Å². The van der Waals surface area contributed by atoms with Crippen molar-refractivity contribution in [3.63, 3.8) is 0 Å². The van der Waals surface area contributed by atoms with Crippen molar-refractivity contribution in [2.24, 2.45) is 17.8 Å². The number of thiocarbonyl (C=S) groups is 1. The minimum atomic E-state index is -0.356. The van der Waals surface area contributed by atoms with E-state index in [0.29, 0.717) is 0 Å². The minimum Gasteiger partial charge on any atom is -0.358 e. The third kappa shape index (κ3) is 3.88. The Balaban J connectivity index is 1.27. The molecule has 0 spiro atoms. The molecule has 1 atom stereocenters. The number of likely N-dealkylation sites (tertiary alicyclic amines) is 1. The zero-order valence-corrected chi connectivity index (χ0v) is 17.1. The summed E-state index contributed by atoms with van der Waals surface area (Å²) in [4.78, 5) is 27.1. The molecule has 7 heteroatoms. The largest absolute Gasteiger partial charge is 0.358 e. The molecular formula is C19H29N3O2S2. The normalized spacial score (nSPS) is 36.0. The van der Waals surface area contributed by atoms with E-state index in [-0.39, 0.29) is 22.7 Å². The van der Waals surface area contributed by atoms with Crippen LogP contribution in [0, 0.1) is 17.8 Å². The van der Waals surface area contributed by atoms with Gasteiger partial charge in [0.15, 0.2) is 0 Å². The molecule has 5 rings (SSSR count). The lowest BCUT2D eigenvalue weighted by molar-refractivity contribution is -0.119. The van der Waals surface area contributed by atoms with Crippen LogP contribution in [-0.4, -0.2) is 45.0 Å². The predicted octanol–water partition coefficient (Wildman–Crippen LogP) is 3.28.